The molecule has 0 aliphatic heterocycles. The fourth-order valence-electron chi connectivity index (χ4n) is 3.42. The second kappa shape index (κ2) is 8.80. The number of hydrogen-bond donors (Lipinski definition) is 1. The van der Waals surface area contributed by atoms with Crippen molar-refractivity contribution in [3.63, 3.8) is 0 Å². The maximum Gasteiger partial charge on any atom is 0.275 e. The van der Waals surface area contributed by atoms with Crippen LogP contribution in [0.3, 0.4) is 0 Å². The topological polar surface area (TPSA) is 73.2 Å². The van der Waals surface area contributed by atoms with Gasteiger partial charge in [0.2, 0.25) is 5.91 Å². The van der Waals surface area contributed by atoms with Gasteiger partial charge in [0, 0.05) is 22.0 Å². The Hall–Kier alpha value is -3.71. The Morgan fingerprint density at radius 1 is 1.12 bits per heavy atom. The lowest BCUT2D eigenvalue weighted by atomic mass is 10.1. The van der Waals surface area contributed by atoms with Gasteiger partial charge in [-0.2, -0.15) is 5.10 Å². The van der Waals surface area contributed by atoms with E-state index in [1.54, 1.807) is 48.5 Å². The van der Waals surface area contributed by atoms with E-state index in [4.69, 9.17) is 16.3 Å². The number of aromatic nitrogens is 2. The van der Waals surface area contributed by atoms with Crippen molar-refractivity contribution in [2.45, 2.75) is 13.5 Å². The van der Waals surface area contributed by atoms with Crippen molar-refractivity contribution in [3.8, 4) is 17.0 Å². The van der Waals surface area contributed by atoms with E-state index in [1.807, 2.05) is 6.92 Å². The molecule has 0 spiro atoms. The Bertz CT molecular complexity index is 1380. The van der Waals surface area contributed by atoms with Crippen LogP contribution >= 0.6 is 11.6 Å². The zero-order chi connectivity index (χ0) is 22.8. The number of rotatable bonds is 5. The number of amides is 1. The largest absolute Gasteiger partial charge is 0.495 e. The minimum absolute atomic E-state index is 0.317. The fourth-order valence-corrected chi connectivity index (χ4v) is 3.57. The molecule has 4 rings (SSSR count). The van der Waals surface area contributed by atoms with Crippen molar-refractivity contribution in [2.75, 3.05) is 12.4 Å². The third-order valence-electron chi connectivity index (χ3n) is 5.03. The van der Waals surface area contributed by atoms with E-state index in [0.29, 0.717) is 38.5 Å². The third kappa shape index (κ3) is 4.20. The number of carbonyl (C=O) groups is 1. The first-order valence-corrected chi connectivity index (χ1v) is 10.1. The molecule has 0 unspecified atom stereocenters. The molecule has 162 valence electrons. The number of hydrogen-bond acceptors (Lipinski definition) is 4. The normalized spacial score (nSPS) is 10.9. The number of halogens is 2. The van der Waals surface area contributed by atoms with Gasteiger partial charge in [0.05, 0.1) is 23.9 Å². The minimum atomic E-state index is -0.458. The summed E-state index contributed by atoms with van der Waals surface area (Å²) in [5, 5.41) is 8.72. The van der Waals surface area contributed by atoms with Gasteiger partial charge in [0.25, 0.3) is 5.56 Å². The number of methoxy groups -OCH3 is 1. The highest BCUT2D eigenvalue weighted by atomic mass is 35.5. The van der Waals surface area contributed by atoms with E-state index in [9.17, 15) is 14.0 Å². The average Bonchev–Trinajstić information content (AvgIpc) is 2.78. The summed E-state index contributed by atoms with van der Waals surface area (Å²) in [4.78, 5) is 25.8. The van der Waals surface area contributed by atoms with Crippen molar-refractivity contribution >= 4 is 34.0 Å². The quantitative estimate of drug-likeness (QED) is 0.472. The highest BCUT2D eigenvalue weighted by molar-refractivity contribution is 6.31. The molecule has 1 N–H and O–H groups in total. The minimum Gasteiger partial charge on any atom is -0.495 e. The summed E-state index contributed by atoms with van der Waals surface area (Å²) in [5.74, 6) is -0.433. The van der Waals surface area contributed by atoms with Gasteiger partial charge in [0.15, 0.2) is 0 Å². The second-order valence-corrected chi connectivity index (χ2v) is 7.62. The molecule has 32 heavy (non-hydrogen) atoms. The molecule has 0 saturated carbocycles. The number of ether oxygens (including phenoxy) is 1. The molecule has 0 bridgehead atoms. The van der Waals surface area contributed by atoms with Crippen LogP contribution in [0.1, 0.15) is 5.56 Å². The van der Waals surface area contributed by atoms with Crippen LogP contribution < -0.4 is 15.6 Å². The van der Waals surface area contributed by atoms with Gasteiger partial charge in [-0.25, -0.2) is 9.07 Å². The van der Waals surface area contributed by atoms with E-state index in [0.717, 1.165) is 10.2 Å². The van der Waals surface area contributed by atoms with Crippen LogP contribution in [-0.2, 0) is 11.3 Å². The van der Waals surface area contributed by atoms with Crippen LogP contribution in [0.5, 0.6) is 5.75 Å². The van der Waals surface area contributed by atoms with Crippen LogP contribution in [-0.4, -0.2) is 22.8 Å². The molecule has 0 radical (unpaired) electrons. The Balaban J connectivity index is 1.73. The Kier molecular flexibility index (Phi) is 5.92. The lowest BCUT2D eigenvalue weighted by Gasteiger charge is -2.14. The molecule has 6 nitrogen and oxygen atoms in total. The summed E-state index contributed by atoms with van der Waals surface area (Å²) < 4.78 is 19.8. The molecule has 3 aromatic carbocycles. The second-order valence-electron chi connectivity index (χ2n) is 7.21. The first-order chi connectivity index (χ1) is 15.4. The van der Waals surface area contributed by atoms with Crippen LogP contribution in [0.25, 0.3) is 22.0 Å². The number of aryl methyl sites for hydroxylation is 1. The van der Waals surface area contributed by atoms with E-state index in [-0.39, 0.29) is 12.4 Å². The molecule has 0 aliphatic rings. The Morgan fingerprint density at radius 3 is 2.50 bits per heavy atom. The molecule has 0 fully saturated rings. The molecule has 1 aromatic heterocycles. The lowest BCUT2D eigenvalue weighted by Crippen LogP contribution is -2.30. The maximum absolute atomic E-state index is 13.4. The van der Waals surface area contributed by atoms with Crippen molar-refractivity contribution in [2.24, 2.45) is 0 Å². The number of nitrogens with zero attached hydrogens (tertiary/aromatic N) is 2. The molecule has 0 saturated heterocycles. The number of benzene rings is 3. The van der Waals surface area contributed by atoms with Gasteiger partial charge < -0.3 is 10.1 Å². The molecule has 0 atom stereocenters. The number of anilines is 1. The number of carbonyl (C=O) groups excluding carboxylic acids is 1. The van der Waals surface area contributed by atoms with E-state index in [2.05, 4.69) is 10.4 Å². The first kappa shape index (κ1) is 21.5. The molecule has 1 heterocycles. The summed E-state index contributed by atoms with van der Waals surface area (Å²) >= 11 is 6.12. The zero-order valence-electron chi connectivity index (χ0n) is 17.4. The van der Waals surface area contributed by atoms with Crippen molar-refractivity contribution in [3.05, 3.63) is 87.4 Å². The molecular formula is C24H19ClFN3O3. The van der Waals surface area contributed by atoms with Gasteiger partial charge in [-0.3, -0.25) is 9.59 Å². The van der Waals surface area contributed by atoms with Gasteiger partial charge in [0.1, 0.15) is 18.1 Å². The first-order valence-electron chi connectivity index (χ1n) is 9.77. The van der Waals surface area contributed by atoms with E-state index >= 15 is 0 Å². The van der Waals surface area contributed by atoms with Crippen LogP contribution in [0, 0.1) is 12.7 Å². The predicted molar refractivity (Wildman–Crippen MR) is 123 cm³/mol. The highest BCUT2D eigenvalue weighted by Crippen LogP contribution is 2.31. The number of nitrogens with one attached hydrogen (secondary N) is 1. The lowest BCUT2D eigenvalue weighted by molar-refractivity contribution is -0.117. The summed E-state index contributed by atoms with van der Waals surface area (Å²) in [6.07, 6.45) is 0. The van der Waals surface area contributed by atoms with Gasteiger partial charge in [-0.05, 0) is 48.9 Å². The van der Waals surface area contributed by atoms with Crippen LogP contribution in [0.15, 0.2) is 65.5 Å². The smallest absolute Gasteiger partial charge is 0.275 e. The maximum atomic E-state index is 13.4. The molecule has 1 amide bonds. The molecular weight excluding hydrogens is 433 g/mol. The standard InChI is InChI=1S/C24H19ClFN3O3/c1-14-11-20(21(32-2)12-19(14)25)27-22(30)13-29-24(31)18-6-4-3-5-17(18)23(28-29)15-7-9-16(26)10-8-15/h3-12H,13H2,1-2H3,(H,27,30). The van der Waals surface area contributed by atoms with Crippen molar-refractivity contribution in [1.82, 2.24) is 9.78 Å². The summed E-state index contributed by atoms with van der Waals surface area (Å²) in [5.41, 5.74) is 1.91. The monoisotopic (exact) mass is 451 g/mol. The fraction of sp³-hybridized carbons (Fsp3) is 0.125. The predicted octanol–water partition coefficient (Wildman–Crippen LogP) is 4.81. The average molecular weight is 452 g/mol. The molecule has 8 heteroatoms. The van der Waals surface area contributed by atoms with Crippen molar-refractivity contribution in [1.29, 1.82) is 0 Å². The van der Waals surface area contributed by atoms with E-state index in [1.165, 1.54) is 19.2 Å². The van der Waals surface area contributed by atoms with Crippen LogP contribution in [0.4, 0.5) is 10.1 Å². The Morgan fingerprint density at radius 2 is 1.81 bits per heavy atom. The zero-order valence-corrected chi connectivity index (χ0v) is 18.1. The third-order valence-corrected chi connectivity index (χ3v) is 5.44. The van der Waals surface area contributed by atoms with E-state index < -0.39 is 11.5 Å². The van der Waals surface area contributed by atoms with Gasteiger partial charge >= 0.3 is 0 Å². The Labute approximate surface area is 188 Å². The van der Waals surface area contributed by atoms with Gasteiger partial charge in [-0.1, -0.05) is 29.8 Å². The molecule has 0 aliphatic carbocycles. The summed E-state index contributed by atoms with van der Waals surface area (Å²) in [7, 11) is 1.47. The SMILES string of the molecule is COc1cc(Cl)c(C)cc1NC(=O)Cn1nc(-c2ccc(F)cc2)c2ccccc2c1=O. The van der Waals surface area contributed by atoms with Crippen molar-refractivity contribution < 1.29 is 13.9 Å². The van der Waals surface area contributed by atoms with Crippen LogP contribution in [0.2, 0.25) is 5.02 Å². The molecule has 4 aromatic rings. The summed E-state index contributed by atoms with van der Waals surface area (Å²) in [6.45, 7) is 1.49. The van der Waals surface area contributed by atoms with Gasteiger partial charge in [-0.15, -0.1) is 0 Å². The number of fused-ring (bicyclic) bond motifs is 1. The summed E-state index contributed by atoms with van der Waals surface area (Å²) in [6, 6.07) is 16.1. The highest BCUT2D eigenvalue weighted by Gasteiger charge is 2.16.